The summed E-state index contributed by atoms with van der Waals surface area (Å²) in [6.07, 6.45) is 5.14. The van der Waals surface area contributed by atoms with Crippen LogP contribution in [0.15, 0.2) is 28.9 Å². The molecule has 6 nitrogen and oxygen atoms in total. The Morgan fingerprint density at radius 1 is 1.50 bits per heavy atom. The van der Waals surface area contributed by atoms with E-state index in [4.69, 9.17) is 9.15 Å². The van der Waals surface area contributed by atoms with Crippen LogP contribution < -0.4 is 10.6 Å². The number of furan rings is 1. The fourth-order valence-electron chi connectivity index (χ4n) is 1.51. The normalized spacial score (nSPS) is 12.3. The first-order valence-corrected chi connectivity index (χ1v) is 6.43. The molecule has 0 aliphatic carbocycles. The van der Waals surface area contributed by atoms with Crippen molar-refractivity contribution < 1.29 is 18.7 Å². The predicted octanol–water partition coefficient (Wildman–Crippen LogP) is 0.950. The molecule has 1 unspecified atom stereocenters. The van der Waals surface area contributed by atoms with Crippen molar-refractivity contribution >= 4 is 17.9 Å². The minimum absolute atomic E-state index is 0.0388. The molecule has 0 fully saturated rings. The number of nitrogens with one attached hydrogen (secondary N) is 2. The number of hydrogen-bond donors (Lipinski definition) is 2. The highest BCUT2D eigenvalue weighted by molar-refractivity contribution is 5.94. The van der Waals surface area contributed by atoms with E-state index in [1.165, 1.54) is 18.4 Å². The van der Waals surface area contributed by atoms with Gasteiger partial charge in [-0.1, -0.05) is 6.92 Å². The molecule has 1 atom stereocenters. The number of carbonyl (C=O) groups is 2. The second-order valence-corrected chi connectivity index (χ2v) is 4.19. The summed E-state index contributed by atoms with van der Waals surface area (Å²) in [5.41, 5.74) is 0. The fraction of sp³-hybridized carbons (Fsp3) is 0.429. The van der Waals surface area contributed by atoms with Crippen LogP contribution in [-0.2, 0) is 14.3 Å². The third kappa shape index (κ3) is 6.19. The molecule has 1 rings (SSSR count). The summed E-state index contributed by atoms with van der Waals surface area (Å²) in [5, 5.41) is 5.27. The Labute approximate surface area is 118 Å². The van der Waals surface area contributed by atoms with E-state index in [1.807, 2.05) is 6.92 Å². The first kappa shape index (κ1) is 16.0. The van der Waals surface area contributed by atoms with Crippen molar-refractivity contribution in [2.75, 3.05) is 20.3 Å². The lowest BCUT2D eigenvalue weighted by Gasteiger charge is -2.15. The molecule has 20 heavy (non-hydrogen) atoms. The molecule has 110 valence electrons. The molecular weight excluding hydrogens is 260 g/mol. The average Bonchev–Trinajstić information content (AvgIpc) is 2.95. The molecule has 1 aromatic rings. The summed E-state index contributed by atoms with van der Waals surface area (Å²) in [4.78, 5) is 23.1. The van der Waals surface area contributed by atoms with Crippen LogP contribution in [0, 0.1) is 0 Å². The Bertz CT molecular complexity index is 440. The maximum atomic E-state index is 11.6. The Kier molecular flexibility index (Phi) is 7.13. The Balaban J connectivity index is 2.28. The van der Waals surface area contributed by atoms with Crippen molar-refractivity contribution in [2.45, 2.75) is 19.4 Å². The van der Waals surface area contributed by atoms with Gasteiger partial charge < -0.3 is 19.8 Å². The van der Waals surface area contributed by atoms with Crippen molar-refractivity contribution in [1.29, 1.82) is 0 Å². The second kappa shape index (κ2) is 8.92. The number of amides is 2. The van der Waals surface area contributed by atoms with Crippen LogP contribution in [0.2, 0.25) is 0 Å². The van der Waals surface area contributed by atoms with Gasteiger partial charge in [0, 0.05) is 13.2 Å². The Morgan fingerprint density at radius 3 is 2.90 bits per heavy atom. The van der Waals surface area contributed by atoms with Crippen LogP contribution >= 0.6 is 0 Å². The molecule has 2 amide bonds. The van der Waals surface area contributed by atoms with E-state index in [2.05, 4.69) is 10.6 Å². The van der Waals surface area contributed by atoms with Gasteiger partial charge in [-0.3, -0.25) is 9.59 Å². The van der Waals surface area contributed by atoms with Gasteiger partial charge in [0.25, 0.3) is 0 Å². The van der Waals surface area contributed by atoms with Gasteiger partial charge in [-0.2, -0.15) is 0 Å². The van der Waals surface area contributed by atoms with Gasteiger partial charge >= 0.3 is 0 Å². The molecule has 0 saturated carbocycles. The van der Waals surface area contributed by atoms with Crippen molar-refractivity contribution in [1.82, 2.24) is 10.6 Å². The molecule has 1 aromatic heterocycles. The zero-order valence-electron chi connectivity index (χ0n) is 11.7. The maximum absolute atomic E-state index is 11.6. The third-order valence-electron chi connectivity index (χ3n) is 2.59. The molecule has 0 aliphatic rings. The van der Waals surface area contributed by atoms with Crippen LogP contribution in [0.5, 0.6) is 0 Å². The summed E-state index contributed by atoms with van der Waals surface area (Å²) in [7, 11) is 1.58. The number of methoxy groups -OCH3 is 1. The van der Waals surface area contributed by atoms with Gasteiger partial charge in [0.1, 0.15) is 5.76 Å². The summed E-state index contributed by atoms with van der Waals surface area (Å²) in [6, 6.07) is 3.42. The molecule has 0 saturated heterocycles. The lowest BCUT2D eigenvalue weighted by molar-refractivity contribution is -0.124. The summed E-state index contributed by atoms with van der Waals surface area (Å²) in [6.45, 7) is 2.34. The standard InChI is InChI=1S/C14H20N2O4/c1-3-11(10-19-2)16-14(18)9-15-13(17)7-6-12-5-4-8-20-12/h4-8,11H,3,9-10H2,1-2H3,(H,15,17)(H,16,18). The second-order valence-electron chi connectivity index (χ2n) is 4.19. The topological polar surface area (TPSA) is 80.6 Å². The largest absolute Gasteiger partial charge is 0.465 e. The minimum Gasteiger partial charge on any atom is -0.465 e. The first-order chi connectivity index (χ1) is 9.65. The number of rotatable bonds is 8. The van der Waals surface area contributed by atoms with Crippen LogP contribution in [0.4, 0.5) is 0 Å². The van der Waals surface area contributed by atoms with E-state index in [1.54, 1.807) is 19.2 Å². The van der Waals surface area contributed by atoms with E-state index in [0.29, 0.717) is 12.4 Å². The van der Waals surface area contributed by atoms with Gasteiger partial charge in [0.05, 0.1) is 25.5 Å². The summed E-state index contributed by atoms with van der Waals surface area (Å²) < 4.78 is 10.0. The molecule has 2 N–H and O–H groups in total. The Morgan fingerprint density at radius 2 is 2.30 bits per heavy atom. The monoisotopic (exact) mass is 280 g/mol. The van der Waals surface area contributed by atoms with Crippen molar-refractivity contribution in [3.05, 3.63) is 30.2 Å². The molecule has 0 aliphatic heterocycles. The van der Waals surface area contributed by atoms with Gasteiger partial charge in [-0.25, -0.2) is 0 Å². The molecule has 0 bridgehead atoms. The molecular formula is C14H20N2O4. The number of hydrogen-bond acceptors (Lipinski definition) is 4. The third-order valence-corrected chi connectivity index (χ3v) is 2.59. The lowest BCUT2D eigenvalue weighted by Crippen LogP contribution is -2.43. The lowest BCUT2D eigenvalue weighted by atomic mass is 10.2. The number of ether oxygens (including phenoxy) is 1. The molecule has 0 aromatic carbocycles. The zero-order valence-corrected chi connectivity index (χ0v) is 11.7. The molecule has 1 heterocycles. The smallest absolute Gasteiger partial charge is 0.244 e. The van der Waals surface area contributed by atoms with Gasteiger partial charge in [-0.15, -0.1) is 0 Å². The Hall–Kier alpha value is -2.08. The maximum Gasteiger partial charge on any atom is 0.244 e. The van der Waals surface area contributed by atoms with E-state index >= 15 is 0 Å². The van der Waals surface area contributed by atoms with E-state index in [0.717, 1.165) is 6.42 Å². The average molecular weight is 280 g/mol. The predicted molar refractivity (Wildman–Crippen MR) is 74.8 cm³/mol. The van der Waals surface area contributed by atoms with Crippen LogP contribution in [0.3, 0.4) is 0 Å². The van der Waals surface area contributed by atoms with Gasteiger partial charge in [0.15, 0.2) is 0 Å². The van der Waals surface area contributed by atoms with E-state index in [9.17, 15) is 9.59 Å². The van der Waals surface area contributed by atoms with Crippen molar-refractivity contribution in [3.63, 3.8) is 0 Å². The van der Waals surface area contributed by atoms with Gasteiger partial charge in [-0.05, 0) is 24.6 Å². The van der Waals surface area contributed by atoms with E-state index < -0.39 is 0 Å². The van der Waals surface area contributed by atoms with Crippen LogP contribution in [0.1, 0.15) is 19.1 Å². The van der Waals surface area contributed by atoms with Crippen LogP contribution in [-0.4, -0.2) is 38.1 Å². The molecule has 0 spiro atoms. The molecule has 6 heteroatoms. The van der Waals surface area contributed by atoms with Crippen molar-refractivity contribution in [2.24, 2.45) is 0 Å². The van der Waals surface area contributed by atoms with Crippen molar-refractivity contribution in [3.8, 4) is 0 Å². The van der Waals surface area contributed by atoms with E-state index in [-0.39, 0.29) is 24.4 Å². The highest BCUT2D eigenvalue weighted by Gasteiger charge is 2.10. The summed E-state index contributed by atoms with van der Waals surface area (Å²) >= 11 is 0. The SMILES string of the molecule is CCC(COC)NC(=O)CNC(=O)C=Cc1ccco1. The number of carbonyl (C=O) groups excluding carboxylic acids is 2. The molecule has 0 radical (unpaired) electrons. The zero-order chi connectivity index (χ0) is 14.8. The minimum atomic E-state index is -0.351. The highest BCUT2D eigenvalue weighted by Crippen LogP contribution is 2.01. The van der Waals surface area contributed by atoms with Gasteiger partial charge in [0.2, 0.25) is 11.8 Å². The quantitative estimate of drug-likeness (QED) is 0.695. The summed E-state index contributed by atoms with van der Waals surface area (Å²) in [5.74, 6) is -0.0132. The fourth-order valence-corrected chi connectivity index (χ4v) is 1.51. The first-order valence-electron chi connectivity index (χ1n) is 6.43. The highest BCUT2D eigenvalue weighted by atomic mass is 16.5. The van der Waals surface area contributed by atoms with Crippen LogP contribution in [0.25, 0.3) is 6.08 Å².